The van der Waals surface area contributed by atoms with Crippen molar-refractivity contribution in [1.82, 2.24) is 5.32 Å². The molecule has 1 heterocycles. The third-order valence-corrected chi connectivity index (χ3v) is 7.99. The van der Waals surface area contributed by atoms with Crippen LogP contribution in [-0.4, -0.2) is 53.1 Å². The van der Waals surface area contributed by atoms with Gasteiger partial charge in [-0.2, -0.15) is 0 Å². The van der Waals surface area contributed by atoms with Gasteiger partial charge in [0.15, 0.2) is 0 Å². The molecule has 0 unspecified atom stereocenters. The number of carbonyl (C=O) groups excluding carboxylic acids is 2. The maximum Gasteiger partial charge on any atom is 0.264 e. The summed E-state index contributed by atoms with van der Waals surface area (Å²) in [6.07, 6.45) is 1.82. The van der Waals surface area contributed by atoms with Crippen molar-refractivity contribution < 1.29 is 27.5 Å². The van der Waals surface area contributed by atoms with E-state index in [4.69, 9.17) is 9.47 Å². The Morgan fingerprint density at radius 3 is 2.53 bits per heavy atom. The fourth-order valence-corrected chi connectivity index (χ4v) is 5.55. The highest BCUT2D eigenvalue weighted by Crippen LogP contribution is 2.27. The van der Waals surface area contributed by atoms with E-state index < -0.39 is 22.5 Å². The van der Waals surface area contributed by atoms with Crippen LogP contribution in [0.2, 0.25) is 0 Å². The topological polar surface area (TPSA) is 114 Å². The molecule has 2 N–H and O–H groups in total. The number of methoxy groups -OCH3 is 1. The molecule has 10 heteroatoms. The van der Waals surface area contributed by atoms with Crippen molar-refractivity contribution >= 4 is 33.2 Å². The quantitative estimate of drug-likeness (QED) is 0.407. The molecule has 3 aromatic rings. The second-order valence-electron chi connectivity index (χ2n) is 8.97. The number of amides is 2. The van der Waals surface area contributed by atoms with Crippen LogP contribution >= 0.6 is 0 Å². The fourth-order valence-electron chi connectivity index (χ4n) is 4.14. The minimum atomic E-state index is -4.10. The van der Waals surface area contributed by atoms with Gasteiger partial charge in [-0.25, -0.2) is 8.42 Å². The number of rotatable bonds is 10. The van der Waals surface area contributed by atoms with Crippen LogP contribution in [-0.2, 0) is 19.6 Å². The summed E-state index contributed by atoms with van der Waals surface area (Å²) in [5.41, 5.74) is 1.72. The minimum Gasteiger partial charge on any atom is -0.497 e. The highest BCUT2D eigenvalue weighted by molar-refractivity contribution is 7.92. The summed E-state index contributed by atoms with van der Waals surface area (Å²) >= 11 is 0. The number of ether oxygens (including phenoxy) is 2. The van der Waals surface area contributed by atoms with Crippen LogP contribution in [0, 0.1) is 6.92 Å². The molecule has 0 aliphatic carbocycles. The van der Waals surface area contributed by atoms with Gasteiger partial charge in [0, 0.05) is 19.2 Å². The first kappa shape index (κ1) is 27.2. The zero-order chi connectivity index (χ0) is 27.1. The van der Waals surface area contributed by atoms with Crippen molar-refractivity contribution in [1.29, 1.82) is 0 Å². The molecule has 200 valence electrons. The summed E-state index contributed by atoms with van der Waals surface area (Å²) in [5.74, 6) is -0.517. The van der Waals surface area contributed by atoms with Gasteiger partial charge in [-0.15, -0.1) is 0 Å². The van der Waals surface area contributed by atoms with Gasteiger partial charge in [-0.05, 0) is 56.2 Å². The third-order valence-electron chi connectivity index (χ3n) is 6.20. The molecule has 0 saturated carbocycles. The van der Waals surface area contributed by atoms with Crippen LogP contribution in [0.1, 0.15) is 28.8 Å². The van der Waals surface area contributed by atoms with E-state index in [9.17, 15) is 18.0 Å². The van der Waals surface area contributed by atoms with Crippen molar-refractivity contribution in [2.45, 2.75) is 30.8 Å². The van der Waals surface area contributed by atoms with Crippen LogP contribution in [0.25, 0.3) is 0 Å². The highest BCUT2D eigenvalue weighted by atomic mass is 32.2. The van der Waals surface area contributed by atoms with Gasteiger partial charge in [-0.3, -0.25) is 13.9 Å². The molecule has 1 aliphatic rings. The smallest absolute Gasteiger partial charge is 0.264 e. The average molecular weight is 538 g/mol. The standard InChI is InChI=1S/C28H31N3O6S/c1-20-12-14-24(15-13-20)38(34,35)31(21-7-5-8-22(17-21)36-2)19-27(32)30-26-11-4-3-10-25(26)28(33)29-18-23-9-6-16-37-23/h3-5,7-8,10-15,17,23H,6,9,16,18-19H2,1-2H3,(H,29,33)(H,30,32)/t23-/m0/s1. The Kier molecular flexibility index (Phi) is 8.65. The Labute approximate surface area is 222 Å². The third kappa shape index (κ3) is 6.51. The molecule has 1 aliphatic heterocycles. The van der Waals surface area contributed by atoms with Gasteiger partial charge in [0.25, 0.3) is 15.9 Å². The van der Waals surface area contributed by atoms with Gasteiger partial charge < -0.3 is 20.1 Å². The lowest BCUT2D eigenvalue weighted by Crippen LogP contribution is -2.38. The number of hydrogen-bond donors (Lipinski definition) is 2. The number of nitrogens with zero attached hydrogens (tertiary/aromatic N) is 1. The lowest BCUT2D eigenvalue weighted by atomic mass is 10.1. The summed E-state index contributed by atoms with van der Waals surface area (Å²) in [7, 11) is -2.63. The van der Waals surface area contributed by atoms with E-state index in [0.29, 0.717) is 18.9 Å². The van der Waals surface area contributed by atoms with Crippen LogP contribution in [0.3, 0.4) is 0 Å². The first-order valence-electron chi connectivity index (χ1n) is 12.3. The molecule has 0 bridgehead atoms. The molecule has 9 nitrogen and oxygen atoms in total. The number of para-hydroxylation sites is 1. The molecule has 0 aromatic heterocycles. The molecule has 38 heavy (non-hydrogen) atoms. The van der Waals surface area contributed by atoms with Crippen LogP contribution in [0.4, 0.5) is 11.4 Å². The maximum atomic E-state index is 13.6. The lowest BCUT2D eigenvalue weighted by molar-refractivity contribution is -0.114. The number of hydrogen-bond acceptors (Lipinski definition) is 6. The predicted octanol–water partition coefficient (Wildman–Crippen LogP) is 3.75. The van der Waals surface area contributed by atoms with Crippen LogP contribution in [0.5, 0.6) is 5.75 Å². The van der Waals surface area contributed by atoms with Gasteiger partial charge in [0.1, 0.15) is 12.3 Å². The molecule has 1 atom stereocenters. The summed E-state index contributed by atoms with van der Waals surface area (Å²) < 4.78 is 39.1. The largest absolute Gasteiger partial charge is 0.497 e. The second kappa shape index (κ2) is 12.1. The Balaban J connectivity index is 1.57. The van der Waals surface area contributed by atoms with Crippen molar-refractivity contribution in [2.75, 3.05) is 36.4 Å². The normalized spacial score (nSPS) is 15.1. The van der Waals surface area contributed by atoms with E-state index in [1.165, 1.54) is 19.2 Å². The molecular formula is C28H31N3O6S. The number of anilines is 2. The van der Waals surface area contributed by atoms with Gasteiger partial charge >= 0.3 is 0 Å². The molecule has 1 saturated heterocycles. The van der Waals surface area contributed by atoms with Gasteiger partial charge in [-0.1, -0.05) is 35.9 Å². The van der Waals surface area contributed by atoms with Crippen molar-refractivity contribution in [3.8, 4) is 5.75 Å². The first-order chi connectivity index (χ1) is 18.3. The Morgan fingerprint density at radius 2 is 1.82 bits per heavy atom. The van der Waals surface area contributed by atoms with Crippen LogP contribution < -0.4 is 19.7 Å². The number of sulfonamides is 1. The van der Waals surface area contributed by atoms with E-state index in [-0.39, 0.29) is 33.8 Å². The summed E-state index contributed by atoms with van der Waals surface area (Å²) in [5, 5.41) is 5.56. The monoisotopic (exact) mass is 537 g/mol. The Bertz CT molecular complexity index is 1390. The van der Waals surface area contributed by atoms with E-state index in [1.54, 1.807) is 60.7 Å². The van der Waals surface area contributed by atoms with E-state index >= 15 is 0 Å². The highest BCUT2D eigenvalue weighted by Gasteiger charge is 2.28. The van der Waals surface area contributed by atoms with E-state index in [0.717, 1.165) is 22.7 Å². The van der Waals surface area contributed by atoms with Crippen molar-refractivity contribution in [2.24, 2.45) is 0 Å². The first-order valence-corrected chi connectivity index (χ1v) is 13.7. The second-order valence-corrected chi connectivity index (χ2v) is 10.8. The molecule has 4 rings (SSSR count). The molecular weight excluding hydrogens is 506 g/mol. The Morgan fingerprint density at radius 1 is 1.05 bits per heavy atom. The predicted molar refractivity (Wildman–Crippen MR) is 145 cm³/mol. The fraction of sp³-hybridized carbons (Fsp3) is 0.286. The number of nitrogens with one attached hydrogen (secondary N) is 2. The van der Waals surface area contributed by atoms with E-state index in [1.807, 2.05) is 6.92 Å². The Hall–Kier alpha value is -3.89. The average Bonchev–Trinajstić information content (AvgIpc) is 3.45. The molecule has 0 spiro atoms. The molecule has 3 aromatic carbocycles. The SMILES string of the molecule is COc1cccc(N(CC(=O)Nc2ccccc2C(=O)NC[C@@H]2CCCO2)S(=O)(=O)c2ccc(C)cc2)c1. The van der Waals surface area contributed by atoms with E-state index in [2.05, 4.69) is 10.6 Å². The maximum absolute atomic E-state index is 13.6. The number of carbonyl (C=O) groups is 2. The van der Waals surface area contributed by atoms with Gasteiger partial charge in [0.05, 0.1) is 35.0 Å². The zero-order valence-electron chi connectivity index (χ0n) is 21.3. The zero-order valence-corrected chi connectivity index (χ0v) is 22.2. The molecule has 0 radical (unpaired) electrons. The minimum absolute atomic E-state index is 0.0240. The van der Waals surface area contributed by atoms with Crippen molar-refractivity contribution in [3.63, 3.8) is 0 Å². The summed E-state index contributed by atoms with van der Waals surface area (Å²) in [4.78, 5) is 26.1. The molecule has 2 amide bonds. The summed E-state index contributed by atoms with van der Waals surface area (Å²) in [6.45, 7) is 2.40. The molecule has 1 fully saturated rings. The summed E-state index contributed by atoms with van der Waals surface area (Å²) in [6, 6.07) is 19.5. The van der Waals surface area contributed by atoms with Crippen molar-refractivity contribution in [3.05, 3.63) is 83.9 Å². The number of benzene rings is 3. The lowest BCUT2D eigenvalue weighted by Gasteiger charge is -2.25. The van der Waals surface area contributed by atoms with Gasteiger partial charge in [0.2, 0.25) is 5.91 Å². The number of aryl methyl sites for hydroxylation is 1. The van der Waals surface area contributed by atoms with Crippen LogP contribution in [0.15, 0.2) is 77.7 Å².